The Kier molecular flexibility index (Phi) is 7.78. The predicted octanol–water partition coefficient (Wildman–Crippen LogP) is 1.08. The van der Waals surface area contributed by atoms with Crippen molar-refractivity contribution in [2.24, 2.45) is 5.16 Å². The van der Waals surface area contributed by atoms with Crippen molar-refractivity contribution in [2.45, 2.75) is 17.8 Å². The largest absolute Gasteiger partial charge is 0.477 e. The zero-order valence-electron chi connectivity index (χ0n) is 17.7. The van der Waals surface area contributed by atoms with Gasteiger partial charge in [0.05, 0.1) is 5.69 Å². The molecule has 4 rings (SSSR count). The molecule has 186 valence electrons. The Balaban J connectivity index is 1.45. The number of alkyl halides is 1. The monoisotopic (exact) mass is 559 g/mol. The molecule has 2 amide bonds. The smallest absolute Gasteiger partial charge is 0.353 e. The van der Waals surface area contributed by atoms with Crippen LogP contribution in [0.4, 0.5) is 14.7 Å². The van der Waals surface area contributed by atoms with E-state index in [1.807, 2.05) is 5.38 Å². The number of anilines is 2. The summed E-state index contributed by atoms with van der Waals surface area (Å²) in [4.78, 5) is 51.9. The fraction of sp³-hybridized carbons (Fsp3) is 0.333. The number of carbonyl (C=O) groups excluding carboxylic acids is 2. The van der Waals surface area contributed by atoms with Gasteiger partial charge in [0.15, 0.2) is 16.0 Å². The van der Waals surface area contributed by atoms with Crippen LogP contribution >= 0.6 is 46.2 Å². The molecular weight excluding hydrogens is 542 g/mol. The summed E-state index contributed by atoms with van der Waals surface area (Å²) in [6, 6.07) is -1.00. The van der Waals surface area contributed by atoms with Crippen LogP contribution in [0, 0.1) is 0 Å². The number of carboxylic acid groups (broad SMARTS) is 1. The van der Waals surface area contributed by atoms with Crippen molar-refractivity contribution in [1.29, 1.82) is 0 Å². The van der Waals surface area contributed by atoms with Crippen molar-refractivity contribution in [3.05, 3.63) is 32.8 Å². The van der Waals surface area contributed by atoms with Gasteiger partial charge in [-0.2, -0.15) is 0 Å². The fourth-order valence-corrected chi connectivity index (χ4v) is 7.07. The highest BCUT2D eigenvalue weighted by molar-refractivity contribution is 8.06. The molecule has 6 N–H and O–H groups in total. The minimum Gasteiger partial charge on any atom is -0.477 e. The first-order chi connectivity index (χ1) is 16.8. The number of carboxylic acids is 1. The number of nitrogens with one attached hydrogen (secondary N) is 1. The standard InChI is InChI=1S/C18H18FN7O5S4/c19-6-31-25-10(8-4-35-18(21)23-8)13(27)24-11-14(28)26-12(16(29)30)9(5-33-15(11)26)32-2-1-7-3-34-17(20)22-7/h3-4,11,15H,1-2,5-6H2,(H2,20,22)(H2,21,23)(H,24,27)(H,29,30)/b25-10-/t11-,15-/m1/s1. The van der Waals surface area contributed by atoms with Gasteiger partial charge in [0.25, 0.3) is 18.7 Å². The van der Waals surface area contributed by atoms with Crippen molar-refractivity contribution >= 4 is 80.0 Å². The second kappa shape index (κ2) is 10.8. The highest BCUT2D eigenvalue weighted by Crippen LogP contribution is 2.43. The van der Waals surface area contributed by atoms with Crippen LogP contribution in [0.3, 0.4) is 0 Å². The molecule has 2 aromatic heterocycles. The molecule has 17 heteroatoms. The average molecular weight is 560 g/mol. The van der Waals surface area contributed by atoms with Gasteiger partial charge in [0.1, 0.15) is 22.8 Å². The van der Waals surface area contributed by atoms with Crippen LogP contribution in [-0.2, 0) is 25.6 Å². The maximum atomic E-state index is 12.9. The highest BCUT2D eigenvalue weighted by atomic mass is 32.2. The molecule has 0 aromatic carbocycles. The van der Waals surface area contributed by atoms with Crippen LogP contribution in [-0.4, -0.2) is 73.3 Å². The molecule has 0 spiro atoms. The van der Waals surface area contributed by atoms with E-state index in [0.29, 0.717) is 28.0 Å². The molecule has 0 bridgehead atoms. The lowest BCUT2D eigenvalue weighted by atomic mass is 10.0. The first-order valence-electron chi connectivity index (χ1n) is 9.82. The summed E-state index contributed by atoms with van der Waals surface area (Å²) in [5, 5.41) is 19.1. The SMILES string of the molecule is Nc1nc(CCSC2=C(C(=O)O)N3C(=O)[C@@H](NC(=O)/C(=N\OCF)c4csc(N)n4)[C@H]3SC2)cs1. The number of oxime groups is 1. The molecule has 2 aliphatic heterocycles. The lowest BCUT2D eigenvalue weighted by Gasteiger charge is -2.49. The van der Waals surface area contributed by atoms with Crippen molar-refractivity contribution in [1.82, 2.24) is 20.2 Å². The molecule has 12 nitrogen and oxygen atoms in total. The number of nitrogens with zero attached hydrogens (tertiary/aromatic N) is 4. The number of fused-ring (bicyclic) bond motifs is 1. The average Bonchev–Trinajstić information content (AvgIpc) is 3.44. The molecule has 4 heterocycles. The first kappa shape index (κ1) is 25.2. The Hall–Kier alpha value is -2.89. The Morgan fingerprint density at radius 2 is 2.06 bits per heavy atom. The molecule has 35 heavy (non-hydrogen) atoms. The molecule has 1 saturated heterocycles. The third-order valence-electron chi connectivity index (χ3n) is 4.81. The lowest BCUT2D eigenvalue weighted by molar-refractivity contribution is -0.150. The van der Waals surface area contributed by atoms with Crippen molar-refractivity contribution < 1.29 is 28.7 Å². The third-order valence-corrected chi connectivity index (χ3v) is 8.76. The second-order valence-electron chi connectivity index (χ2n) is 6.96. The van der Waals surface area contributed by atoms with Gasteiger partial charge in [-0.3, -0.25) is 14.5 Å². The molecule has 2 atom stereocenters. The highest BCUT2D eigenvalue weighted by Gasteiger charge is 2.54. The molecule has 1 fully saturated rings. The van der Waals surface area contributed by atoms with E-state index in [0.717, 1.165) is 17.0 Å². The zero-order valence-corrected chi connectivity index (χ0v) is 20.9. The normalized spacial score (nSPS) is 19.9. The van der Waals surface area contributed by atoms with E-state index in [-0.39, 0.29) is 22.2 Å². The van der Waals surface area contributed by atoms with Crippen LogP contribution in [0.15, 0.2) is 26.5 Å². The summed E-state index contributed by atoms with van der Waals surface area (Å²) in [6.45, 7) is -1.27. The lowest BCUT2D eigenvalue weighted by Crippen LogP contribution is -2.71. The van der Waals surface area contributed by atoms with Gasteiger partial charge in [-0.25, -0.2) is 19.2 Å². The summed E-state index contributed by atoms with van der Waals surface area (Å²) in [5.74, 6) is -1.73. The minimum atomic E-state index is -1.27. The van der Waals surface area contributed by atoms with E-state index in [2.05, 4.69) is 25.3 Å². The molecule has 2 aliphatic rings. The molecule has 0 aliphatic carbocycles. The van der Waals surface area contributed by atoms with Gasteiger partial charge in [0.2, 0.25) is 0 Å². The van der Waals surface area contributed by atoms with Gasteiger partial charge < -0.3 is 26.7 Å². The summed E-state index contributed by atoms with van der Waals surface area (Å²) in [5.41, 5.74) is 11.6. The van der Waals surface area contributed by atoms with Crippen LogP contribution in [0.25, 0.3) is 0 Å². The summed E-state index contributed by atoms with van der Waals surface area (Å²) >= 11 is 5.04. The van der Waals surface area contributed by atoms with E-state index in [9.17, 15) is 23.9 Å². The molecule has 0 radical (unpaired) electrons. The number of nitrogen functional groups attached to an aromatic ring is 2. The number of amides is 2. The van der Waals surface area contributed by atoms with Crippen molar-refractivity contribution in [3.63, 3.8) is 0 Å². The minimum absolute atomic E-state index is 0.0602. The number of hydrogen-bond donors (Lipinski definition) is 4. The van der Waals surface area contributed by atoms with E-state index in [4.69, 9.17) is 11.5 Å². The number of nitrogens with two attached hydrogens (primary N) is 2. The number of aromatic nitrogens is 2. The first-order valence-corrected chi connectivity index (χ1v) is 13.6. The quantitative estimate of drug-likeness (QED) is 0.185. The fourth-order valence-electron chi connectivity index (χ4n) is 3.32. The maximum absolute atomic E-state index is 12.9. The number of hydrogen-bond acceptors (Lipinski definition) is 13. The molecule has 0 saturated carbocycles. The summed E-state index contributed by atoms with van der Waals surface area (Å²) in [7, 11) is 0. The molecule has 0 unspecified atom stereocenters. The van der Waals surface area contributed by atoms with Gasteiger partial charge in [0, 0.05) is 27.2 Å². The molecule has 2 aromatic rings. The number of carbonyl (C=O) groups is 3. The predicted molar refractivity (Wildman–Crippen MR) is 132 cm³/mol. The number of β-lactam (4-membered cyclic amide) rings is 1. The number of halogens is 1. The number of aryl methyl sites for hydroxylation is 1. The zero-order chi connectivity index (χ0) is 25.1. The number of thiazole rings is 2. The number of aliphatic carboxylic acids is 1. The van der Waals surface area contributed by atoms with E-state index < -0.39 is 36.1 Å². The number of thioether (sulfide) groups is 2. The van der Waals surface area contributed by atoms with Gasteiger partial charge in [-0.05, 0) is 6.42 Å². The van der Waals surface area contributed by atoms with Gasteiger partial charge in [-0.1, -0.05) is 5.16 Å². The van der Waals surface area contributed by atoms with Gasteiger partial charge >= 0.3 is 5.97 Å². The van der Waals surface area contributed by atoms with Crippen molar-refractivity contribution in [2.75, 3.05) is 29.8 Å². The summed E-state index contributed by atoms with van der Waals surface area (Å²) < 4.78 is 12.5. The van der Waals surface area contributed by atoms with E-state index in [1.165, 1.54) is 45.1 Å². The van der Waals surface area contributed by atoms with Crippen LogP contribution in [0.1, 0.15) is 11.4 Å². The summed E-state index contributed by atoms with van der Waals surface area (Å²) in [6.07, 6.45) is 0.597. The topological polar surface area (TPSA) is 186 Å². The van der Waals surface area contributed by atoms with E-state index >= 15 is 0 Å². The third kappa shape index (κ3) is 5.36. The second-order valence-corrected chi connectivity index (χ2v) is 11.0. The number of rotatable bonds is 10. The maximum Gasteiger partial charge on any atom is 0.353 e. The van der Waals surface area contributed by atoms with Crippen LogP contribution in [0.2, 0.25) is 0 Å². The van der Waals surface area contributed by atoms with Crippen LogP contribution in [0.5, 0.6) is 0 Å². The van der Waals surface area contributed by atoms with E-state index in [1.54, 1.807) is 0 Å². The van der Waals surface area contributed by atoms with Crippen LogP contribution < -0.4 is 16.8 Å². The van der Waals surface area contributed by atoms with Gasteiger partial charge in [-0.15, -0.1) is 46.2 Å². The Labute approximate surface area is 214 Å². The van der Waals surface area contributed by atoms with Crippen molar-refractivity contribution in [3.8, 4) is 0 Å². The molecular formula is C18H18FN7O5S4. The Morgan fingerprint density at radius 3 is 2.69 bits per heavy atom. The Morgan fingerprint density at radius 1 is 1.31 bits per heavy atom. The Bertz CT molecular complexity index is 1220.